The summed E-state index contributed by atoms with van der Waals surface area (Å²) in [5.74, 6) is -0.894. The third-order valence-electron chi connectivity index (χ3n) is 5.02. The molecule has 0 aliphatic carbocycles. The zero-order chi connectivity index (χ0) is 18.2. The molecule has 2 aromatic rings. The molecule has 0 aromatic heterocycles. The number of carboxylic acid groups (broad SMARTS) is 1. The maximum Gasteiger partial charge on any atom is 0.307 e. The zero-order valence-corrected chi connectivity index (χ0v) is 16.4. The van der Waals surface area contributed by atoms with E-state index in [-0.39, 0.29) is 18.3 Å². The number of carboxylic acids is 1. The molecule has 0 amide bonds. The van der Waals surface area contributed by atoms with Crippen molar-refractivity contribution in [3.8, 4) is 11.1 Å². The van der Waals surface area contributed by atoms with E-state index in [1.165, 1.54) is 16.7 Å². The highest BCUT2D eigenvalue weighted by molar-refractivity contribution is 5.85. The van der Waals surface area contributed by atoms with E-state index < -0.39 is 5.97 Å². The van der Waals surface area contributed by atoms with E-state index in [1.54, 1.807) is 0 Å². The molecule has 1 aliphatic rings. The van der Waals surface area contributed by atoms with Gasteiger partial charge in [-0.25, -0.2) is 0 Å². The average Bonchev–Trinajstić information content (AvgIpc) is 2.69. The summed E-state index contributed by atoms with van der Waals surface area (Å²) in [6, 6.07) is 18.9. The van der Waals surface area contributed by atoms with E-state index in [0.717, 1.165) is 32.4 Å². The van der Waals surface area contributed by atoms with Gasteiger partial charge in [0, 0.05) is 13.1 Å². The molecule has 146 valence electrons. The molecule has 5 heteroatoms. The minimum Gasteiger partial charge on any atom is -0.481 e. The number of hydrogen-bond acceptors (Lipinski definition) is 3. The van der Waals surface area contributed by atoms with Crippen molar-refractivity contribution in [3.05, 3.63) is 60.2 Å². The summed E-state index contributed by atoms with van der Waals surface area (Å²) >= 11 is 0. The van der Waals surface area contributed by atoms with Gasteiger partial charge in [0.25, 0.3) is 0 Å². The van der Waals surface area contributed by atoms with Crippen molar-refractivity contribution < 1.29 is 14.6 Å². The first-order valence-corrected chi connectivity index (χ1v) is 9.40. The Bertz CT molecular complexity index is 708. The van der Waals surface area contributed by atoms with Crippen molar-refractivity contribution in [2.45, 2.75) is 19.3 Å². The van der Waals surface area contributed by atoms with Crippen LogP contribution in [0, 0.1) is 5.92 Å². The molecule has 27 heavy (non-hydrogen) atoms. The minimum absolute atomic E-state index is 0. The molecular weight excluding hydrogens is 362 g/mol. The van der Waals surface area contributed by atoms with Gasteiger partial charge >= 0.3 is 5.97 Å². The number of carbonyl (C=O) groups is 1. The van der Waals surface area contributed by atoms with E-state index in [2.05, 4.69) is 53.4 Å². The molecule has 2 aromatic carbocycles. The number of hydrogen-bond donors (Lipinski definition) is 1. The van der Waals surface area contributed by atoms with Crippen LogP contribution in [0.15, 0.2) is 54.6 Å². The van der Waals surface area contributed by atoms with Crippen molar-refractivity contribution in [2.24, 2.45) is 5.92 Å². The highest BCUT2D eigenvalue weighted by Gasteiger charge is 2.24. The van der Waals surface area contributed by atoms with Crippen LogP contribution in [-0.2, 0) is 16.0 Å². The molecule has 4 nitrogen and oxygen atoms in total. The van der Waals surface area contributed by atoms with Gasteiger partial charge in [0.2, 0.25) is 0 Å². The molecule has 0 saturated carbocycles. The van der Waals surface area contributed by atoms with Crippen molar-refractivity contribution >= 4 is 18.4 Å². The molecule has 1 N–H and O–H groups in total. The second-order valence-corrected chi connectivity index (χ2v) is 6.86. The van der Waals surface area contributed by atoms with Crippen LogP contribution in [0.25, 0.3) is 11.1 Å². The first-order chi connectivity index (χ1) is 12.7. The van der Waals surface area contributed by atoms with E-state index >= 15 is 0 Å². The number of piperidine rings is 1. The predicted molar refractivity (Wildman–Crippen MR) is 110 cm³/mol. The lowest BCUT2D eigenvalue weighted by molar-refractivity contribution is -0.143. The van der Waals surface area contributed by atoms with Crippen LogP contribution in [-0.4, -0.2) is 48.8 Å². The molecular formula is C22H28ClNO3. The Morgan fingerprint density at radius 3 is 2.59 bits per heavy atom. The van der Waals surface area contributed by atoms with E-state index in [4.69, 9.17) is 9.84 Å². The van der Waals surface area contributed by atoms with Gasteiger partial charge in [0.1, 0.15) is 0 Å². The summed E-state index contributed by atoms with van der Waals surface area (Å²) in [7, 11) is 0. The lowest BCUT2D eigenvalue weighted by Crippen LogP contribution is -2.40. The Hall–Kier alpha value is -1.88. The van der Waals surface area contributed by atoms with E-state index in [1.807, 2.05) is 6.07 Å². The largest absolute Gasteiger partial charge is 0.481 e. The first-order valence-electron chi connectivity index (χ1n) is 9.40. The number of halogens is 1. The fourth-order valence-corrected chi connectivity index (χ4v) is 3.58. The number of benzene rings is 2. The second kappa shape index (κ2) is 11.1. The van der Waals surface area contributed by atoms with Gasteiger partial charge in [-0.05, 0) is 42.5 Å². The zero-order valence-electron chi connectivity index (χ0n) is 15.5. The Morgan fingerprint density at radius 2 is 1.81 bits per heavy atom. The normalized spacial score (nSPS) is 17.3. The van der Waals surface area contributed by atoms with Gasteiger partial charge in [-0.15, -0.1) is 12.4 Å². The Labute approximate surface area is 167 Å². The van der Waals surface area contributed by atoms with Crippen LogP contribution < -0.4 is 0 Å². The minimum atomic E-state index is -0.673. The number of rotatable bonds is 8. The van der Waals surface area contributed by atoms with Gasteiger partial charge in [-0.2, -0.15) is 0 Å². The maximum absolute atomic E-state index is 11.1. The van der Waals surface area contributed by atoms with Gasteiger partial charge in [-0.1, -0.05) is 54.6 Å². The van der Waals surface area contributed by atoms with Crippen molar-refractivity contribution in [3.63, 3.8) is 0 Å². The summed E-state index contributed by atoms with van der Waals surface area (Å²) in [6.07, 6.45) is 2.63. The molecule has 0 spiro atoms. The quantitative estimate of drug-likeness (QED) is 0.689. The fraction of sp³-hybridized carbons (Fsp3) is 0.409. The first kappa shape index (κ1) is 21.4. The van der Waals surface area contributed by atoms with Crippen molar-refractivity contribution in [2.75, 3.05) is 32.8 Å². The molecule has 1 aliphatic heterocycles. The maximum atomic E-state index is 11.1. The highest BCUT2D eigenvalue weighted by Crippen LogP contribution is 2.23. The van der Waals surface area contributed by atoms with E-state index in [9.17, 15) is 4.79 Å². The van der Waals surface area contributed by atoms with Gasteiger partial charge in [0.15, 0.2) is 0 Å². The average molecular weight is 390 g/mol. The molecule has 1 saturated heterocycles. The molecule has 0 unspecified atom stereocenters. The molecule has 1 atom stereocenters. The number of ether oxygens (including phenoxy) is 1. The van der Waals surface area contributed by atoms with Crippen LogP contribution in [0.1, 0.15) is 18.4 Å². The third kappa shape index (κ3) is 6.35. The molecule has 1 heterocycles. The standard InChI is InChI=1S/C22H27NO3.ClH/c24-22(25)20-10-6-13-23(17-20)14-16-26-15-12-19-9-4-5-11-21(19)18-7-2-1-3-8-18;/h1-5,7-9,11,20H,6,10,12-17H2,(H,24,25);1H/t20-;/m1./s1. The van der Waals surface area contributed by atoms with Crippen molar-refractivity contribution in [1.82, 2.24) is 4.90 Å². The molecule has 0 radical (unpaired) electrons. The third-order valence-corrected chi connectivity index (χ3v) is 5.02. The Kier molecular flexibility index (Phi) is 8.79. The summed E-state index contributed by atoms with van der Waals surface area (Å²) in [4.78, 5) is 13.3. The summed E-state index contributed by atoms with van der Waals surface area (Å²) in [6.45, 7) is 3.77. The number of aliphatic carboxylic acids is 1. The molecule has 1 fully saturated rings. The molecule has 3 rings (SSSR count). The monoisotopic (exact) mass is 389 g/mol. The molecule has 0 bridgehead atoms. The number of likely N-dealkylation sites (tertiary alicyclic amines) is 1. The van der Waals surface area contributed by atoms with Crippen LogP contribution in [0.5, 0.6) is 0 Å². The Balaban J connectivity index is 0.00000261. The lowest BCUT2D eigenvalue weighted by atomic mass is 9.98. The van der Waals surface area contributed by atoms with Crippen LogP contribution >= 0.6 is 12.4 Å². The van der Waals surface area contributed by atoms with Gasteiger partial charge in [0.05, 0.1) is 19.1 Å². The van der Waals surface area contributed by atoms with Crippen molar-refractivity contribution in [1.29, 1.82) is 0 Å². The highest BCUT2D eigenvalue weighted by atomic mass is 35.5. The summed E-state index contributed by atoms with van der Waals surface area (Å²) in [5.41, 5.74) is 3.79. The van der Waals surface area contributed by atoms with E-state index in [0.29, 0.717) is 19.8 Å². The lowest BCUT2D eigenvalue weighted by Gasteiger charge is -2.30. The Morgan fingerprint density at radius 1 is 1.07 bits per heavy atom. The topological polar surface area (TPSA) is 49.8 Å². The predicted octanol–water partition coefficient (Wildman–Crippen LogP) is 4.13. The van der Waals surface area contributed by atoms with Crippen LogP contribution in [0.3, 0.4) is 0 Å². The van der Waals surface area contributed by atoms with Crippen LogP contribution in [0.2, 0.25) is 0 Å². The summed E-state index contributed by atoms with van der Waals surface area (Å²) < 4.78 is 5.84. The summed E-state index contributed by atoms with van der Waals surface area (Å²) in [5, 5.41) is 9.15. The van der Waals surface area contributed by atoms with Crippen LogP contribution in [0.4, 0.5) is 0 Å². The smallest absolute Gasteiger partial charge is 0.307 e. The SMILES string of the molecule is Cl.O=C(O)[C@@H]1CCCN(CCOCCc2ccccc2-c2ccccc2)C1. The fourth-order valence-electron chi connectivity index (χ4n) is 3.58. The number of nitrogens with zero attached hydrogens (tertiary/aromatic N) is 1. The van der Waals surface area contributed by atoms with Gasteiger partial charge in [-0.3, -0.25) is 4.79 Å². The van der Waals surface area contributed by atoms with Gasteiger partial charge < -0.3 is 14.7 Å². The second-order valence-electron chi connectivity index (χ2n) is 6.86.